The molecule has 0 aromatic carbocycles. The van der Waals surface area contributed by atoms with Crippen molar-refractivity contribution < 1.29 is 9.59 Å². The van der Waals surface area contributed by atoms with E-state index in [0.717, 1.165) is 43.7 Å². The lowest BCUT2D eigenvalue weighted by atomic mass is 10.1. The molecule has 0 amide bonds. The monoisotopic (exact) mass is 220 g/mol. The van der Waals surface area contributed by atoms with Crippen LogP contribution in [-0.2, 0) is 9.59 Å². The first-order valence-electron chi connectivity index (χ1n) is 6.40. The molecular weight excluding hydrogens is 200 g/mol. The van der Waals surface area contributed by atoms with Crippen LogP contribution < -0.4 is 0 Å². The molecule has 16 heavy (non-hydrogen) atoms. The van der Waals surface area contributed by atoms with Gasteiger partial charge in [-0.25, -0.2) is 0 Å². The first-order valence-corrected chi connectivity index (χ1v) is 6.40. The van der Waals surface area contributed by atoms with Gasteiger partial charge in [0.2, 0.25) is 0 Å². The van der Waals surface area contributed by atoms with Gasteiger partial charge in [-0.15, -0.1) is 0 Å². The maximum absolute atomic E-state index is 10.2. The minimum atomic E-state index is 0.167. The molecule has 2 heteroatoms. The first kappa shape index (κ1) is 11.6. The van der Waals surface area contributed by atoms with Gasteiger partial charge in [0.15, 0.2) is 0 Å². The van der Waals surface area contributed by atoms with E-state index in [1.54, 1.807) is 0 Å². The highest BCUT2D eigenvalue weighted by Gasteiger charge is 2.25. The van der Waals surface area contributed by atoms with E-state index < -0.39 is 0 Å². The summed E-state index contributed by atoms with van der Waals surface area (Å²) in [7, 11) is 0. The minimum Gasteiger partial charge on any atom is -0.303 e. The van der Waals surface area contributed by atoms with Gasteiger partial charge in [-0.2, -0.15) is 0 Å². The fourth-order valence-corrected chi connectivity index (χ4v) is 3.02. The Labute approximate surface area is 97.1 Å². The third-order valence-corrected chi connectivity index (χ3v) is 4.07. The highest BCUT2D eigenvalue weighted by atomic mass is 16.1. The Morgan fingerprint density at radius 3 is 1.44 bits per heavy atom. The van der Waals surface area contributed by atoms with E-state index in [1.807, 2.05) is 0 Å². The number of hydrogen-bond acceptors (Lipinski definition) is 2. The van der Waals surface area contributed by atoms with Crippen LogP contribution in [0.2, 0.25) is 0 Å². The highest BCUT2D eigenvalue weighted by Crippen LogP contribution is 2.38. The van der Waals surface area contributed by atoms with E-state index in [1.165, 1.54) is 19.3 Å². The van der Waals surface area contributed by atoms with E-state index in [0.29, 0.717) is 0 Å². The normalized spacial score (nSPS) is 39.2. The van der Waals surface area contributed by atoms with Crippen molar-refractivity contribution in [1.29, 1.82) is 0 Å². The third-order valence-electron chi connectivity index (χ3n) is 4.07. The van der Waals surface area contributed by atoms with Gasteiger partial charge in [0.1, 0.15) is 12.6 Å². The maximum atomic E-state index is 10.2. The summed E-state index contributed by atoms with van der Waals surface area (Å²) in [6.45, 7) is 0. The van der Waals surface area contributed by atoms with Gasteiger partial charge in [-0.05, 0) is 50.4 Å². The van der Waals surface area contributed by atoms with E-state index in [4.69, 9.17) is 0 Å². The predicted molar refractivity (Wildman–Crippen MR) is 62.9 cm³/mol. The topological polar surface area (TPSA) is 34.1 Å². The van der Waals surface area contributed by atoms with Gasteiger partial charge in [-0.3, -0.25) is 0 Å². The van der Waals surface area contributed by atoms with Crippen molar-refractivity contribution in [2.45, 2.75) is 38.5 Å². The molecule has 2 saturated carbocycles. The van der Waals surface area contributed by atoms with Crippen molar-refractivity contribution in [2.24, 2.45) is 23.7 Å². The molecule has 0 saturated heterocycles. The fourth-order valence-electron chi connectivity index (χ4n) is 3.02. The lowest BCUT2D eigenvalue weighted by Crippen LogP contribution is -1.97. The molecule has 3 aliphatic rings. The second kappa shape index (κ2) is 5.42. The number of rotatable bonds is 2. The van der Waals surface area contributed by atoms with Crippen LogP contribution in [0.15, 0.2) is 12.2 Å². The van der Waals surface area contributed by atoms with Gasteiger partial charge in [0.05, 0.1) is 0 Å². The van der Waals surface area contributed by atoms with E-state index >= 15 is 0 Å². The summed E-state index contributed by atoms with van der Waals surface area (Å²) in [6, 6.07) is 0. The summed E-state index contributed by atoms with van der Waals surface area (Å²) >= 11 is 0. The highest BCUT2D eigenvalue weighted by molar-refractivity contribution is 5.59. The summed E-state index contributed by atoms with van der Waals surface area (Å²) in [5.74, 6) is 2.32. The van der Waals surface area contributed by atoms with E-state index in [2.05, 4.69) is 12.2 Å². The molecule has 0 aromatic heterocycles. The van der Waals surface area contributed by atoms with Gasteiger partial charge in [0.25, 0.3) is 0 Å². The number of fused-ring (bicyclic) bond motifs is 2. The molecule has 0 heterocycles. The van der Waals surface area contributed by atoms with Crippen molar-refractivity contribution >= 4 is 12.6 Å². The number of aldehydes is 2. The van der Waals surface area contributed by atoms with Crippen molar-refractivity contribution in [2.75, 3.05) is 0 Å². The summed E-state index contributed by atoms with van der Waals surface area (Å²) in [5.41, 5.74) is 0. The molecule has 3 rings (SSSR count). The Balaban J connectivity index is 0.000000123. The van der Waals surface area contributed by atoms with Crippen LogP contribution in [0.1, 0.15) is 38.5 Å². The van der Waals surface area contributed by atoms with Crippen molar-refractivity contribution in [3.63, 3.8) is 0 Å². The standard InChI is InChI=1S/C7H10O2.C7H10/c8-4-6-1-2-7(3-6)5-9;1-2-7-4-3-6(1)5-7/h4-7H,1-3H2;1-2,6-7H,3-5H2. The zero-order valence-corrected chi connectivity index (χ0v) is 9.68. The molecule has 0 spiro atoms. The maximum Gasteiger partial charge on any atom is 0.123 e. The summed E-state index contributed by atoms with van der Waals surface area (Å²) in [6.07, 6.45) is 13.7. The Kier molecular flexibility index (Phi) is 3.92. The molecule has 0 aromatic rings. The summed E-state index contributed by atoms with van der Waals surface area (Å²) in [4.78, 5) is 20.3. The van der Waals surface area contributed by atoms with Crippen LogP contribution in [-0.4, -0.2) is 12.6 Å². The molecule has 4 unspecified atom stereocenters. The molecule has 88 valence electrons. The molecule has 3 aliphatic carbocycles. The SMILES string of the molecule is C1=CC2CCC1C2.O=CC1CCC(C=O)C1. The average molecular weight is 220 g/mol. The number of carbonyl (C=O) groups is 2. The van der Waals surface area contributed by atoms with Crippen LogP contribution in [0.5, 0.6) is 0 Å². The van der Waals surface area contributed by atoms with Gasteiger partial charge in [0, 0.05) is 11.8 Å². The molecule has 0 N–H and O–H groups in total. The molecule has 0 aliphatic heterocycles. The van der Waals surface area contributed by atoms with Crippen molar-refractivity contribution in [1.82, 2.24) is 0 Å². The zero-order valence-electron chi connectivity index (χ0n) is 9.68. The second-order valence-corrected chi connectivity index (χ2v) is 5.32. The summed E-state index contributed by atoms with van der Waals surface area (Å²) < 4.78 is 0. The third kappa shape index (κ3) is 2.81. The van der Waals surface area contributed by atoms with Crippen molar-refractivity contribution in [3.8, 4) is 0 Å². The number of allylic oxidation sites excluding steroid dienone is 2. The van der Waals surface area contributed by atoms with Crippen LogP contribution in [0, 0.1) is 23.7 Å². The second-order valence-electron chi connectivity index (χ2n) is 5.32. The fraction of sp³-hybridized carbons (Fsp3) is 0.714. The lowest BCUT2D eigenvalue weighted by Gasteiger charge is -1.96. The molecule has 4 atom stereocenters. The van der Waals surface area contributed by atoms with E-state index in [-0.39, 0.29) is 11.8 Å². The van der Waals surface area contributed by atoms with Crippen LogP contribution in [0.4, 0.5) is 0 Å². The van der Waals surface area contributed by atoms with Crippen LogP contribution in [0.3, 0.4) is 0 Å². The van der Waals surface area contributed by atoms with E-state index in [9.17, 15) is 9.59 Å². The molecule has 2 nitrogen and oxygen atoms in total. The Morgan fingerprint density at radius 2 is 1.25 bits per heavy atom. The lowest BCUT2D eigenvalue weighted by molar-refractivity contribution is -0.111. The number of carbonyl (C=O) groups excluding carboxylic acids is 2. The number of hydrogen-bond donors (Lipinski definition) is 0. The molecular formula is C14H20O2. The Morgan fingerprint density at radius 1 is 0.750 bits per heavy atom. The van der Waals surface area contributed by atoms with Gasteiger partial charge in [-0.1, -0.05) is 12.2 Å². The largest absolute Gasteiger partial charge is 0.303 e. The van der Waals surface area contributed by atoms with Crippen molar-refractivity contribution in [3.05, 3.63) is 12.2 Å². The Hall–Kier alpha value is -0.920. The van der Waals surface area contributed by atoms with Crippen LogP contribution >= 0.6 is 0 Å². The minimum absolute atomic E-state index is 0.167. The Bertz CT molecular complexity index is 256. The zero-order chi connectivity index (χ0) is 11.4. The smallest absolute Gasteiger partial charge is 0.123 e. The first-order chi connectivity index (χ1) is 7.81. The molecule has 0 radical (unpaired) electrons. The average Bonchev–Trinajstić information content (AvgIpc) is 3.06. The van der Waals surface area contributed by atoms with Gasteiger partial charge < -0.3 is 9.59 Å². The van der Waals surface area contributed by atoms with Crippen LogP contribution in [0.25, 0.3) is 0 Å². The molecule has 2 fully saturated rings. The summed E-state index contributed by atoms with van der Waals surface area (Å²) in [5, 5.41) is 0. The quantitative estimate of drug-likeness (QED) is 0.529. The van der Waals surface area contributed by atoms with Gasteiger partial charge >= 0.3 is 0 Å². The molecule has 2 bridgehead atoms. The predicted octanol–water partition coefficient (Wildman–Crippen LogP) is 2.77.